The molecule has 0 heterocycles. The molecule has 0 aliphatic carbocycles. The molecule has 0 aromatic heterocycles. The first-order valence-electron chi connectivity index (χ1n) is 4.60. The largest absolute Gasteiger partial charge is 0.452 e. The number of carbonyl (C=O) groups excluding carboxylic acids is 1. The predicted molar refractivity (Wildman–Crippen MR) is 60.6 cm³/mol. The standard InChI is InChI=1S/C11H10O5S/c1-2-8-15-11(12)9-17(13,14)16-10-6-4-3-5-7-10/h1,3-7H,8-9H2. The minimum absolute atomic E-state index is 0.136. The van der Waals surface area contributed by atoms with Crippen LogP contribution in [0, 0.1) is 12.3 Å². The Kier molecular flexibility index (Phi) is 4.55. The fourth-order valence-corrected chi connectivity index (χ4v) is 1.80. The van der Waals surface area contributed by atoms with Crippen molar-refractivity contribution in [2.24, 2.45) is 0 Å². The Morgan fingerprint density at radius 3 is 2.53 bits per heavy atom. The van der Waals surface area contributed by atoms with Gasteiger partial charge in [0.1, 0.15) is 5.75 Å². The van der Waals surface area contributed by atoms with Crippen molar-refractivity contribution >= 4 is 16.1 Å². The molecule has 90 valence electrons. The van der Waals surface area contributed by atoms with Gasteiger partial charge in [-0.25, -0.2) is 0 Å². The van der Waals surface area contributed by atoms with Crippen LogP contribution in [-0.2, 0) is 19.6 Å². The molecule has 0 radical (unpaired) electrons. The molecule has 1 aromatic carbocycles. The summed E-state index contributed by atoms with van der Waals surface area (Å²) < 4.78 is 31.9. The van der Waals surface area contributed by atoms with Crippen LogP contribution in [0.3, 0.4) is 0 Å². The van der Waals surface area contributed by atoms with Crippen LogP contribution >= 0.6 is 0 Å². The molecular weight excluding hydrogens is 244 g/mol. The lowest BCUT2D eigenvalue weighted by Crippen LogP contribution is -2.22. The van der Waals surface area contributed by atoms with Crippen molar-refractivity contribution in [2.75, 3.05) is 12.4 Å². The van der Waals surface area contributed by atoms with Gasteiger partial charge in [-0.3, -0.25) is 4.79 Å². The molecular formula is C11H10O5S. The maximum absolute atomic E-state index is 11.4. The van der Waals surface area contributed by atoms with Crippen LogP contribution in [0.1, 0.15) is 0 Å². The number of esters is 1. The van der Waals surface area contributed by atoms with Crippen molar-refractivity contribution in [1.82, 2.24) is 0 Å². The molecule has 0 spiro atoms. The van der Waals surface area contributed by atoms with Crippen molar-refractivity contribution < 1.29 is 22.1 Å². The number of para-hydroxylation sites is 1. The summed E-state index contributed by atoms with van der Waals surface area (Å²) >= 11 is 0. The van der Waals surface area contributed by atoms with E-state index in [-0.39, 0.29) is 12.4 Å². The summed E-state index contributed by atoms with van der Waals surface area (Å²) in [5.74, 6) is 0.375. The van der Waals surface area contributed by atoms with E-state index in [2.05, 4.69) is 14.8 Å². The van der Waals surface area contributed by atoms with E-state index in [0.717, 1.165) is 0 Å². The van der Waals surface area contributed by atoms with E-state index in [1.165, 1.54) is 12.1 Å². The molecule has 6 heteroatoms. The van der Waals surface area contributed by atoms with Crippen molar-refractivity contribution in [3.63, 3.8) is 0 Å². The van der Waals surface area contributed by atoms with Gasteiger partial charge in [-0.05, 0) is 12.1 Å². The van der Waals surface area contributed by atoms with Gasteiger partial charge in [0.25, 0.3) is 0 Å². The lowest BCUT2D eigenvalue weighted by molar-refractivity contribution is -0.139. The second-order valence-electron chi connectivity index (χ2n) is 2.96. The quantitative estimate of drug-likeness (QED) is 0.436. The highest BCUT2D eigenvalue weighted by Gasteiger charge is 2.19. The second-order valence-corrected chi connectivity index (χ2v) is 4.53. The summed E-state index contributed by atoms with van der Waals surface area (Å²) in [6.45, 7) is -0.264. The van der Waals surface area contributed by atoms with Gasteiger partial charge in [0.05, 0.1) is 0 Å². The van der Waals surface area contributed by atoms with Crippen LogP contribution in [0.4, 0.5) is 0 Å². The Labute approximate surface area is 99.5 Å². The van der Waals surface area contributed by atoms with Crippen molar-refractivity contribution in [2.45, 2.75) is 0 Å². The van der Waals surface area contributed by atoms with E-state index in [0.29, 0.717) is 0 Å². The summed E-state index contributed by atoms with van der Waals surface area (Å²) in [5, 5.41) is 0. The summed E-state index contributed by atoms with van der Waals surface area (Å²) in [5.41, 5.74) is 0. The van der Waals surface area contributed by atoms with Gasteiger partial charge in [-0.1, -0.05) is 24.1 Å². The van der Waals surface area contributed by atoms with Gasteiger partial charge < -0.3 is 8.92 Å². The molecule has 0 saturated carbocycles. The first kappa shape index (κ1) is 13.1. The van der Waals surface area contributed by atoms with Crippen LogP contribution in [0.15, 0.2) is 30.3 Å². The molecule has 1 aromatic rings. The van der Waals surface area contributed by atoms with Crippen LogP contribution in [-0.4, -0.2) is 26.7 Å². The SMILES string of the molecule is C#CCOC(=O)CS(=O)(=O)Oc1ccccc1. The van der Waals surface area contributed by atoms with Crippen LogP contribution in [0.5, 0.6) is 5.75 Å². The predicted octanol–water partition coefficient (Wildman–Crippen LogP) is 0.572. The number of benzene rings is 1. The van der Waals surface area contributed by atoms with Gasteiger partial charge in [0, 0.05) is 0 Å². The third kappa shape index (κ3) is 5.04. The highest BCUT2D eigenvalue weighted by atomic mass is 32.2. The zero-order valence-corrected chi connectivity index (χ0v) is 9.64. The van der Waals surface area contributed by atoms with Crippen LogP contribution in [0.25, 0.3) is 0 Å². The Morgan fingerprint density at radius 1 is 1.29 bits per heavy atom. The van der Waals surface area contributed by atoms with E-state index in [1.807, 2.05) is 0 Å². The van der Waals surface area contributed by atoms with Crippen molar-refractivity contribution in [1.29, 1.82) is 0 Å². The minimum Gasteiger partial charge on any atom is -0.452 e. The molecule has 0 amide bonds. The van der Waals surface area contributed by atoms with E-state index in [9.17, 15) is 13.2 Å². The summed E-state index contributed by atoms with van der Waals surface area (Å²) in [6, 6.07) is 7.86. The zero-order chi connectivity index (χ0) is 12.7. The van der Waals surface area contributed by atoms with E-state index >= 15 is 0 Å². The first-order valence-corrected chi connectivity index (χ1v) is 6.17. The van der Waals surface area contributed by atoms with Crippen molar-refractivity contribution in [3.05, 3.63) is 30.3 Å². The Hall–Kier alpha value is -2.00. The Morgan fingerprint density at radius 2 is 1.94 bits per heavy atom. The maximum atomic E-state index is 11.4. The molecule has 5 nitrogen and oxygen atoms in total. The van der Waals surface area contributed by atoms with E-state index < -0.39 is 21.8 Å². The third-order valence-corrected chi connectivity index (χ3v) is 2.61. The molecule has 0 fully saturated rings. The number of rotatable bonds is 5. The van der Waals surface area contributed by atoms with E-state index in [4.69, 9.17) is 6.42 Å². The fourth-order valence-electron chi connectivity index (χ4n) is 0.960. The maximum Gasteiger partial charge on any atom is 0.325 e. The molecule has 0 bridgehead atoms. The zero-order valence-electron chi connectivity index (χ0n) is 8.83. The third-order valence-electron chi connectivity index (χ3n) is 1.58. The molecule has 0 N–H and O–H groups in total. The summed E-state index contributed by atoms with van der Waals surface area (Å²) in [7, 11) is -4.01. The number of ether oxygens (including phenoxy) is 1. The lowest BCUT2D eigenvalue weighted by atomic mass is 10.3. The van der Waals surface area contributed by atoms with Crippen LogP contribution in [0.2, 0.25) is 0 Å². The number of hydrogen-bond acceptors (Lipinski definition) is 5. The van der Waals surface area contributed by atoms with E-state index in [1.54, 1.807) is 18.2 Å². The van der Waals surface area contributed by atoms with Gasteiger partial charge >= 0.3 is 16.1 Å². The second kappa shape index (κ2) is 5.92. The highest BCUT2D eigenvalue weighted by Crippen LogP contribution is 2.11. The molecule has 1 rings (SSSR count). The van der Waals surface area contributed by atoms with Crippen molar-refractivity contribution in [3.8, 4) is 18.1 Å². The highest BCUT2D eigenvalue weighted by molar-refractivity contribution is 7.87. The topological polar surface area (TPSA) is 69.7 Å². The average molecular weight is 254 g/mol. The molecule has 0 unspecified atom stereocenters. The molecule has 0 aliphatic heterocycles. The Bertz CT molecular complexity index is 513. The molecule has 0 saturated heterocycles. The first-order chi connectivity index (χ1) is 8.03. The van der Waals surface area contributed by atoms with Crippen LogP contribution < -0.4 is 4.18 Å². The number of terminal acetylenes is 1. The summed E-state index contributed by atoms with van der Waals surface area (Å²) in [4.78, 5) is 11.0. The van der Waals surface area contributed by atoms with Gasteiger partial charge in [0.2, 0.25) is 0 Å². The Balaban J connectivity index is 2.59. The molecule has 0 aliphatic rings. The number of hydrogen-bond donors (Lipinski definition) is 0. The van der Waals surface area contributed by atoms with Gasteiger partial charge in [-0.15, -0.1) is 6.42 Å². The smallest absolute Gasteiger partial charge is 0.325 e. The average Bonchev–Trinajstić information content (AvgIpc) is 2.26. The van der Waals surface area contributed by atoms with Gasteiger partial charge in [0.15, 0.2) is 12.4 Å². The monoisotopic (exact) mass is 254 g/mol. The van der Waals surface area contributed by atoms with Gasteiger partial charge in [-0.2, -0.15) is 8.42 Å². The number of carbonyl (C=O) groups is 1. The lowest BCUT2D eigenvalue weighted by Gasteiger charge is -2.05. The molecule has 17 heavy (non-hydrogen) atoms. The fraction of sp³-hybridized carbons (Fsp3) is 0.182. The summed E-state index contributed by atoms with van der Waals surface area (Å²) in [6.07, 6.45) is 4.86. The normalized spacial score (nSPS) is 10.3. The minimum atomic E-state index is -4.01. The molecule has 0 atom stereocenters.